The first-order chi connectivity index (χ1) is 7.00. The van der Waals surface area contributed by atoms with Gasteiger partial charge in [0.1, 0.15) is 0 Å². The van der Waals surface area contributed by atoms with E-state index in [-0.39, 0.29) is 6.10 Å². The molecular weight excluding hydrogens is 211 g/mol. The minimum atomic E-state index is -4.54. The number of halogens is 3. The number of hydrogen-bond donors (Lipinski definition) is 2. The van der Waals surface area contributed by atoms with E-state index in [1.54, 1.807) is 0 Å². The van der Waals surface area contributed by atoms with Gasteiger partial charge in [0, 0.05) is 19.7 Å². The van der Waals surface area contributed by atoms with Crippen LogP contribution in [0.5, 0.6) is 0 Å². The zero-order valence-electron chi connectivity index (χ0n) is 8.39. The second-order valence-electron chi connectivity index (χ2n) is 3.70. The lowest BCUT2D eigenvalue weighted by Crippen LogP contribution is -2.41. The van der Waals surface area contributed by atoms with E-state index < -0.39 is 18.8 Å². The molecule has 2 N–H and O–H groups in total. The van der Waals surface area contributed by atoms with Gasteiger partial charge >= 0.3 is 6.18 Å². The Morgan fingerprint density at radius 1 is 1.40 bits per heavy atom. The summed E-state index contributed by atoms with van der Waals surface area (Å²) < 4.78 is 41.0. The standard InChI is InChI=1S/C9H16F3NO2/c10-9(11,12)8(14)6-13-5-7-3-1-2-4-15-7/h7-8,13-14H,1-6H2. The van der Waals surface area contributed by atoms with Crippen LogP contribution in [-0.4, -0.2) is 43.2 Å². The van der Waals surface area contributed by atoms with Crippen molar-refractivity contribution in [2.24, 2.45) is 0 Å². The fourth-order valence-electron chi connectivity index (χ4n) is 1.47. The first kappa shape index (κ1) is 12.7. The molecule has 90 valence electrons. The van der Waals surface area contributed by atoms with Gasteiger partial charge in [0.15, 0.2) is 6.10 Å². The molecule has 0 aromatic carbocycles. The largest absolute Gasteiger partial charge is 0.415 e. The van der Waals surface area contributed by atoms with Crippen LogP contribution in [0.4, 0.5) is 13.2 Å². The summed E-state index contributed by atoms with van der Waals surface area (Å²) in [7, 11) is 0. The number of ether oxygens (including phenoxy) is 1. The fraction of sp³-hybridized carbons (Fsp3) is 1.00. The van der Waals surface area contributed by atoms with Crippen LogP contribution in [0.2, 0.25) is 0 Å². The smallest absolute Gasteiger partial charge is 0.382 e. The third-order valence-electron chi connectivity index (χ3n) is 2.36. The van der Waals surface area contributed by atoms with Crippen LogP contribution >= 0.6 is 0 Å². The van der Waals surface area contributed by atoms with Crippen LogP contribution in [0.1, 0.15) is 19.3 Å². The monoisotopic (exact) mass is 227 g/mol. The maximum atomic E-state index is 11.9. The summed E-state index contributed by atoms with van der Waals surface area (Å²) in [6.07, 6.45) is -3.91. The molecule has 15 heavy (non-hydrogen) atoms. The van der Waals surface area contributed by atoms with Crippen molar-refractivity contribution >= 4 is 0 Å². The summed E-state index contributed by atoms with van der Waals surface area (Å²) in [5, 5.41) is 11.3. The molecule has 2 unspecified atom stereocenters. The summed E-state index contributed by atoms with van der Waals surface area (Å²) in [5.41, 5.74) is 0. The van der Waals surface area contributed by atoms with Gasteiger partial charge in [0.2, 0.25) is 0 Å². The van der Waals surface area contributed by atoms with Gasteiger partial charge in [-0.1, -0.05) is 0 Å². The Labute approximate surface area is 86.6 Å². The predicted octanol–water partition coefficient (Wildman–Crippen LogP) is 1.07. The number of aliphatic hydroxyl groups is 1. The van der Waals surface area contributed by atoms with Gasteiger partial charge in [-0.15, -0.1) is 0 Å². The normalized spacial score (nSPS) is 25.2. The lowest BCUT2D eigenvalue weighted by Gasteiger charge is -2.23. The van der Waals surface area contributed by atoms with Crippen LogP contribution in [0.3, 0.4) is 0 Å². The van der Waals surface area contributed by atoms with Crippen molar-refractivity contribution in [3.8, 4) is 0 Å². The van der Waals surface area contributed by atoms with Crippen LogP contribution < -0.4 is 5.32 Å². The maximum Gasteiger partial charge on any atom is 0.415 e. The quantitative estimate of drug-likeness (QED) is 0.754. The van der Waals surface area contributed by atoms with Crippen molar-refractivity contribution in [1.29, 1.82) is 0 Å². The molecule has 1 heterocycles. The molecule has 0 aromatic heterocycles. The first-order valence-corrected chi connectivity index (χ1v) is 5.07. The second-order valence-corrected chi connectivity index (χ2v) is 3.70. The van der Waals surface area contributed by atoms with E-state index in [9.17, 15) is 13.2 Å². The van der Waals surface area contributed by atoms with E-state index in [1.807, 2.05) is 0 Å². The second kappa shape index (κ2) is 5.67. The minimum Gasteiger partial charge on any atom is -0.382 e. The summed E-state index contributed by atoms with van der Waals surface area (Å²) in [4.78, 5) is 0. The molecule has 1 aliphatic heterocycles. The molecule has 1 aliphatic rings. The van der Waals surface area contributed by atoms with Crippen LogP contribution in [0, 0.1) is 0 Å². The molecule has 0 aromatic rings. The molecule has 0 saturated carbocycles. The number of alkyl halides is 3. The minimum absolute atomic E-state index is 0.0146. The number of aliphatic hydroxyl groups excluding tert-OH is 1. The molecule has 0 bridgehead atoms. The summed E-state index contributed by atoms with van der Waals surface area (Å²) in [6, 6.07) is 0. The molecule has 0 aliphatic carbocycles. The molecule has 0 radical (unpaired) electrons. The lowest BCUT2D eigenvalue weighted by molar-refractivity contribution is -0.202. The number of nitrogens with one attached hydrogen (secondary N) is 1. The summed E-state index contributed by atoms with van der Waals surface area (Å²) in [6.45, 7) is 0.574. The highest BCUT2D eigenvalue weighted by Crippen LogP contribution is 2.19. The predicted molar refractivity (Wildman–Crippen MR) is 48.5 cm³/mol. The van der Waals surface area contributed by atoms with Crippen molar-refractivity contribution in [3.63, 3.8) is 0 Å². The topological polar surface area (TPSA) is 41.5 Å². The Kier molecular flexibility index (Phi) is 4.82. The third-order valence-corrected chi connectivity index (χ3v) is 2.36. The van der Waals surface area contributed by atoms with Gasteiger partial charge in [0.25, 0.3) is 0 Å². The van der Waals surface area contributed by atoms with Gasteiger partial charge in [0.05, 0.1) is 6.10 Å². The highest BCUT2D eigenvalue weighted by Gasteiger charge is 2.37. The maximum absolute atomic E-state index is 11.9. The molecule has 2 atom stereocenters. The highest BCUT2D eigenvalue weighted by atomic mass is 19.4. The zero-order valence-corrected chi connectivity index (χ0v) is 8.39. The third kappa shape index (κ3) is 4.81. The van der Waals surface area contributed by atoms with Crippen molar-refractivity contribution in [1.82, 2.24) is 5.32 Å². The van der Waals surface area contributed by atoms with Crippen molar-refractivity contribution in [3.05, 3.63) is 0 Å². The Morgan fingerprint density at radius 2 is 2.13 bits per heavy atom. The van der Waals surface area contributed by atoms with Gasteiger partial charge in [-0.05, 0) is 19.3 Å². The van der Waals surface area contributed by atoms with Crippen LogP contribution in [0.25, 0.3) is 0 Å². The average molecular weight is 227 g/mol. The van der Waals surface area contributed by atoms with Gasteiger partial charge in [-0.2, -0.15) is 13.2 Å². The van der Waals surface area contributed by atoms with Crippen molar-refractivity contribution in [2.45, 2.75) is 37.6 Å². The van der Waals surface area contributed by atoms with Crippen LogP contribution in [-0.2, 0) is 4.74 Å². The van der Waals surface area contributed by atoms with E-state index in [0.29, 0.717) is 13.2 Å². The average Bonchev–Trinajstić information content (AvgIpc) is 2.18. The highest BCUT2D eigenvalue weighted by molar-refractivity contribution is 4.71. The van der Waals surface area contributed by atoms with E-state index in [4.69, 9.17) is 9.84 Å². The molecule has 1 fully saturated rings. The molecule has 1 rings (SSSR count). The van der Waals surface area contributed by atoms with E-state index in [1.165, 1.54) is 0 Å². The van der Waals surface area contributed by atoms with Gasteiger partial charge in [-0.25, -0.2) is 0 Å². The Hall–Kier alpha value is -0.330. The Balaban J connectivity index is 2.10. The van der Waals surface area contributed by atoms with E-state index >= 15 is 0 Å². The first-order valence-electron chi connectivity index (χ1n) is 5.07. The van der Waals surface area contributed by atoms with E-state index in [2.05, 4.69) is 5.32 Å². The summed E-state index contributed by atoms with van der Waals surface area (Å²) >= 11 is 0. The number of hydrogen-bond acceptors (Lipinski definition) is 3. The molecule has 6 heteroatoms. The molecular formula is C9H16F3NO2. The molecule has 0 spiro atoms. The van der Waals surface area contributed by atoms with E-state index in [0.717, 1.165) is 19.3 Å². The Morgan fingerprint density at radius 3 is 2.67 bits per heavy atom. The fourth-order valence-corrected chi connectivity index (χ4v) is 1.47. The van der Waals surface area contributed by atoms with Crippen molar-refractivity contribution < 1.29 is 23.0 Å². The number of rotatable bonds is 4. The molecule has 3 nitrogen and oxygen atoms in total. The zero-order chi connectivity index (χ0) is 11.3. The van der Waals surface area contributed by atoms with Crippen LogP contribution in [0.15, 0.2) is 0 Å². The lowest BCUT2D eigenvalue weighted by atomic mass is 10.1. The summed E-state index contributed by atoms with van der Waals surface area (Å²) in [5.74, 6) is 0. The van der Waals surface area contributed by atoms with Crippen molar-refractivity contribution in [2.75, 3.05) is 19.7 Å². The molecule has 1 saturated heterocycles. The molecule has 0 amide bonds. The van der Waals surface area contributed by atoms with Gasteiger partial charge < -0.3 is 15.2 Å². The van der Waals surface area contributed by atoms with Gasteiger partial charge in [-0.3, -0.25) is 0 Å². The Bertz CT molecular complexity index is 181. The SMILES string of the molecule is OC(CNCC1CCCCO1)C(F)(F)F.